The van der Waals surface area contributed by atoms with Crippen LogP contribution in [0.2, 0.25) is 0 Å². The lowest BCUT2D eigenvalue weighted by Gasteiger charge is -2.20. The van der Waals surface area contributed by atoms with Crippen LogP contribution in [-0.4, -0.2) is 11.5 Å². The van der Waals surface area contributed by atoms with Gasteiger partial charge in [-0.05, 0) is 31.9 Å². The van der Waals surface area contributed by atoms with E-state index in [-0.39, 0.29) is 11.5 Å². The molecule has 1 aromatic carbocycles. The molecule has 5 N–H and O–H groups in total. The molecule has 0 aliphatic heterocycles. The third-order valence-corrected chi connectivity index (χ3v) is 2.29. The molecule has 0 aliphatic rings. The van der Waals surface area contributed by atoms with E-state index in [1.165, 1.54) is 5.56 Å². The Morgan fingerprint density at radius 3 is 2.12 bits per heavy atom. The first-order valence-corrected chi connectivity index (χ1v) is 5.75. The Balaban J connectivity index is 2.53. The Morgan fingerprint density at radius 1 is 1.12 bits per heavy atom. The van der Waals surface area contributed by atoms with Crippen molar-refractivity contribution in [3.63, 3.8) is 0 Å². The van der Waals surface area contributed by atoms with E-state index in [1.54, 1.807) is 0 Å². The van der Waals surface area contributed by atoms with E-state index >= 15 is 0 Å². The number of hydrogen-bond acceptors (Lipinski definition) is 2. The van der Waals surface area contributed by atoms with E-state index in [2.05, 4.69) is 43.2 Å². The van der Waals surface area contributed by atoms with Crippen LogP contribution in [-0.2, 0) is 13.1 Å². The highest BCUT2D eigenvalue weighted by Crippen LogP contribution is 2.07. The van der Waals surface area contributed by atoms with Crippen molar-refractivity contribution in [1.29, 1.82) is 0 Å². The predicted molar refractivity (Wildman–Crippen MR) is 72.5 cm³/mol. The van der Waals surface area contributed by atoms with Gasteiger partial charge in [-0.25, -0.2) is 4.99 Å². The number of aliphatic imine (C=N–C) groups is 1. The van der Waals surface area contributed by atoms with Gasteiger partial charge in [0.05, 0.1) is 6.54 Å². The lowest BCUT2D eigenvalue weighted by atomic mass is 10.1. The molecule has 1 aromatic rings. The van der Waals surface area contributed by atoms with Gasteiger partial charge in [0.25, 0.3) is 0 Å². The lowest BCUT2D eigenvalue weighted by Crippen LogP contribution is -2.35. The van der Waals surface area contributed by atoms with Crippen molar-refractivity contribution in [2.75, 3.05) is 0 Å². The summed E-state index contributed by atoms with van der Waals surface area (Å²) >= 11 is 0. The Hall–Kier alpha value is -1.55. The Bertz CT molecular complexity index is 369. The van der Waals surface area contributed by atoms with E-state index < -0.39 is 0 Å². The molecule has 0 spiro atoms. The van der Waals surface area contributed by atoms with Crippen LogP contribution in [0.4, 0.5) is 0 Å². The Labute approximate surface area is 103 Å². The number of rotatable bonds is 4. The molecule has 4 nitrogen and oxygen atoms in total. The van der Waals surface area contributed by atoms with E-state index in [4.69, 9.17) is 11.5 Å². The van der Waals surface area contributed by atoms with Gasteiger partial charge in [0.15, 0.2) is 5.96 Å². The highest BCUT2D eigenvalue weighted by molar-refractivity contribution is 5.75. The number of nitrogens with one attached hydrogen (secondary N) is 1. The standard InChI is InChI=1S/C13H22N4/c1-13(2,3)17-9-11-6-4-10(5-7-11)8-16-12(14)15/h4-7,17H,8-9H2,1-3H3,(H4,14,15,16). The molecule has 0 aromatic heterocycles. The Kier molecular flexibility index (Phi) is 4.52. The van der Waals surface area contributed by atoms with Crippen molar-refractivity contribution in [3.05, 3.63) is 35.4 Å². The maximum absolute atomic E-state index is 5.28. The third kappa shape index (κ3) is 5.92. The minimum absolute atomic E-state index is 0.128. The van der Waals surface area contributed by atoms with Crippen LogP contribution < -0.4 is 16.8 Å². The average molecular weight is 234 g/mol. The molecule has 0 radical (unpaired) electrons. The van der Waals surface area contributed by atoms with E-state index in [0.29, 0.717) is 6.54 Å². The van der Waals surface area contributed by atoms with Gasteiger partial charge in [-0.2, -0.15) is 0 Å². The van der Waals surface area contributed by atoms with Crippen molar-refractivity contribution >= 4 is 5.96 Å². The minimum Gasteiger partial charge on any atom is -0.370 e. The van der Waals surface area contributed by atoms with Crippen LogP contribution in [0.3, 0.4) is 0 Å². The predicted octanol–water partition coefficient (Wildman–Crippen LogP) is 1.35. The van der Waals surface area contributed by atoms with Crippen molar-refractivity contribution in [2.45, 2.75) is 39.4 Å². The van der Waals surface area contributed by atoms with Crippen LogP contribution in [0.25, 0.3) is 0 Å². The zero-order chi connectivity index (χ0) is 12.9. The average Bonchev–Trinajstić information content (AvgIpc) is 2.24. The fourth-order valence-corrected chi connectivity index (χ4v) is 1.31. The summed E-state index contributed by atoms with van der Waals surface area (Å²) in [6.07, 6.45) is 0. The van der Waals surface area contributed by atoms with E-state index in [9.17, 15) is 0 Å². The van der Waals surface area contributed by atoms with Crippen LogP contribution >= 0.6 is 0 Å². The van der Waals surface area contributed by atoms with Gasteiger partial charge in [-0.1, -0.05) is 24.3 Å². The van der Waals surface area contributed by atoms with Gasteiger partial charge in [0, 0.05) is 12.1 Å². The summed E-state index contributed by atoms with van der Waals surface area (Å²) in [5, 5.41) is 3.44. The summed E-state index contributed by atoms with van der Waals surface area (Å²) in [6, 6.07) is 8.28. The smallest absolute Gasteiger partial charge is 0.186 e. The van der Waals surface area contributed by atoms with Gasteiger partial charge < -0.3 is 16.8 Å². The SMILES string of the molecule is CC(C)(C)NCc1ccc(CN=C(N)N)cc1. The summed E-state index contributed by atoms with van der Waals surface area (Å²) in [5.41, 5.74) is 13.1. The molecule has 0 atom stereocenters. The van der Waals surface area contributed by atoms with Crippen molar-refractivity contribution in [2.24, 2.45) is 16.5 Å². The van der Waals surface area contributed by atoms with Crippen molar-refractivity contribution < 1.29 is 0 Å². The van der Waals surface area contributed by atoms with Crippen LogP contribution in [0.1, 0.15) is 31.9 Å². The molecule has 0 saturated carbocycles. The molecule has 0 unspecified atom stereocenters. The molecule has 94 valence electrons. The molecule has 0 saturated heterocycles. The number of benzene rings is 1. The van der Waals surface area contributed by atoms with Gasteiger partial charge in [-0.15, -0.1) is 0 Å². The van der Waals surface area contributed by atoms with Crippen LogP contribution in [0, 0.1) is 0 Å². The van der Waals surface area contributed by atoms with Crippen molar-refractivity contribution in [3.8, 4) is 0 Å². The van der Waals surface area contributed by atoms with E-state index in [1.807, 2.05) is 12.1 Å². The fourth-order valence-electron chi connectivity index (χ4n) is 1.31. The molecule has 4 heteroatoms. The monoisotopic (exact) mass is 234 g/mol. The van der Waals surface area contributed by atoms with Crippen LogP contribution in [0.15, 0.2) is 29.3 Å². The van der Waals surface area contributed by atoms with Gasteiger partial charge in [-0.3, -0.25) is 0 Å². The summed E-state index contributed by atoms with van der Waals surface area (Å²) in [5.74, 6) is 0.128. The molecule has 0 aliphatic carbocycles. The first-order valence-electron chi connectivity index (χ1n) is 5.75. The molecular weight excluding hydrogens is 212 g/mol. The molecule has 0 heterocycles. The maximum atomic E-state index is 5.28. The van der Waals surface area contributed by atoms with E-state index in [0.717, 1.165) is 12.1 Å². The minimum atomic E-state index is 0.128. The molecule has 1 rings (SSSR count). The zero-order valence-electron chi connectivity index (χ0n) is 10.8. The molecule has 17 heavy (non-hydrogen) atoms. The Morgan fingerprint density at radius 2 is 1.65 bits per heavy atom. The maximum Gasteiger partial charge on any atom is 0.186 e. The van der Waals surface area contributed by atoms with Crippen molar-refractivity contribution in [1.82, 2.24) is 5.32 Å². The van der Waals surface area contributed by atoms with Gasteiger partial charge in [0.2, 0.25) is 0 Å². The first kappa shape index (κ1) is 13.5. The van der Waals surface area contributed by atoms with Crippen LogP contribution in [0.5, 0.6) is 0 Å². The molecule has 0 fully saturated rings. The topological polar surface area (TPSA) is 76.4 Å². The second-order valence-electron chi connectivity index (χ2n) is 5.16. The quantitative estimate of drug-likeness (QED) is 0.543. The number of nitrogens with two attached hydrogens (primary N) is 2. The summed E-state index contributed by atoms with van der Waals surface area (Å²) in [7, 11) is 0. The van der Waals surface area contributed by atoms with Gasteiger partial charge >= 0.3 is 0 Å². The number of nitrogens with zero attached hydrogens (tertiary/aromatic N) is 1. The number of guanidine groups is 1. The highest BCUT2D eigenvalue weighted by atomic mass is 15.0. The molecular formula is C13H22N4. The zero-order valence-corrected chi connectivity index (χ0v) is 10.8. The van der Waals surface area contributed by atoms with Gasteiger partial charge in [0.1, 0.15) is 0 Å². The molecule has 0 bridgehead atoms. The summed E-state index contributed by atoms with van der Waals surface area (Å²) in [6.45, 7) is 7.86. The lowest BCUT2D eigenvalue weighted by molar-refractivity contribution is 0.424. The fraction of sp³-hybridized carbons (Fsp3) is 0.462. The summed E-state index contributed by atoms with van der Waals surface area (Å²) < 4.78 is 0. The third-order valence-electron chi connectivity index (χ3n) is 2.29. The normalized spacial score (nSPS) is 11.2. The first-order chi connectivity index (χ1) is 7.87. The number of hydrogen-bond donors (Lipinski definition) is 3. The highest BCUT2D eigenvalue weighted by Gasteiger charge is 2.07. The molecule has 0 amide bonds. The second kappa shape index (κ2) is 5.68. The summed E-state index contributed by atoms with van der Waals surface area (Å²) in [4.78, 5) is 3.97. The largest absolute Gasteiger partial charge is 0.370 e. The second-order valence-corrected chi connectivity index (χ2v) is 5.16.